The quantitative estimate of drug-likeness (QED) is 0.530. The molecule has 4 heteroatoms. The van der Waals surface area contributed by atoms with Gasteiger partial charge in [-0.05, 0) is 29.7 Å². The van der Waals surface area contributed by atoms with Crippen molar-refractivity contribution < 1.29 is 14.6 Å². The van der Waals surface area contributed by atoms with Crippen LogP contribution in [0.2, 0.25) is 0 Å². The molecule has 0 radical (unpaired) electrons. The van der Waals surface area contributed by atoms with Gasteiger partial charge in [-0.1, -0.05) is 75.1 Å². The van der Waals surface area contributed by atoms with Crippen molar-refractivity contribution in [2.75, 3.05) is 40.0 Å². The van der Waals surface area contributed by atoms with Gasteiger partial charge in [-0.15, -0.1) is 0 Å². The fraction of sp³-hybridized carbons (Fsp3) is 0.538. The monoisotopic (exact) mass is 411 g/mol. The highest BCUT2D eigenvalue weighted by Gasteiger charge is 2.40. The van der Waals surface area contributed by atoms with Gasteiger partial charge in [0.05, 0.1) is 25.9 Å². The summed E-state index contributed by atoms with van der Waals surface area (Å²) in [5.41, 5.74) is 1.24. The summed E-state index contributed by atoms with van der Waals surface area (Å²) in [6.45, 7) is 6.40. The van der Waals surface area contributed by atoms with E-state index in [1.807, 2.05) is 30.3 Å². The largest absolute Gasteiger partial charge is 0.497 e. The second-order valence-corrected chi connectivity index (χ2v) is 8.34. The average Bonchev–Trinajstić information content (AvgIpc) is 2.81. The van der Waals surface area contributed by atoms with Gasteiger partial charge >= 0.3 is 0 Å². The highest BCUT2D eigenvalue weighted by Crippen LogP contribution is 2.42. The Balaban J connectivity index is 1.95. The molecule has 1 saturated heterocycles. The van der Waals surface area contributed by atoms with Gasteiger partial charge in [0.2, 0.25) is 0 Å². The van der Waals surface area contributed by atoms with E-state index in [1.165, 1.54) is 18.4 Å². The highest BCUT2D eigenvalue weighted by molar-refractivity contribution is 5.35. The standard InChI is InChI=1S/C26H37NO3/c1-3-4-5-9-16-26(28,23-12-14-24(29-2)15-13-23)25(22-10-7-6-8-11-22)21-27-17-19-30-20-18-27/h6-8,10-15,25,28H,3-5,9,16-21H2,1-2H3/t25-,26+/m0/s1. The lowest BCUT2D eigenvalue weighted by Crippen LogP contribution is -2.45. The first-order valence-electron chi connectivity index (χ1n) is 11.4. The Morgan fingerprint density at radius 2 is 1.70 bits per heavy atom. The van der Waals surface area contributed by atoms with Crippen molar-refractivity contribution in [3.8, 4) is 5.75 Å². The maximum absolute atomic E-state index is 12.3. The number of aliphatic hydroxyl groups is 1. The number of morpholine rings is 1. The van der Waals surface area contributed by atoms with Crippen molar-refractivity contribution in [1.82, 2.24) is 4.90 Å². The van der Waals surface area contributed by atoms with Gasteiger partial charge in [-0.2, -0.15) is 0 Å². The molecule has 2 aromatic carbocycles. The summed E-state index contributed by atoms with van der Waals surface area (Å²) in [4.78, 5) is 2.43. The molecule has 0 aliphatic carbocycles. The van der Waals surface area contributed by atoms with Crippen LogP contribution in [0.3, 0.4) is 0 Å². The molecule has 0 bridgehead atoms. The molecule has 0 aromatic heterocycles. The predicted octanol–water partition coefficient (Wildman–Crippen LogP) is 4.97. The van der Waals surface area contributed by atoms with Crippen LogP contribution in [0.4, 0.5) is 0 Å². The molecule has 1 aliphatic heterocycles. The molecule has 1 N–H and O–H groups in total. The summed E-state index contributed by atoms with van der Waals surface area (Å²) in [6, 6.07) is 18.5. The SMILES string of the molecule is CCCCCC[C@@](O)(c1ccc(OC)cc1)[C@@H](CN1CCOCC1)c1ccccc1. The van der Waals surface area contributed by atoms with Crippen LogP contribution in [0.25, 0.3) is 0 Å². The van der Waals surface area contributed by atoms with Gasteiger partial charge in [0.25, 0.3) is 0 Å². The zero-order valence-corrected chi connectivity index (χ0v) is 18.6. The van der Waals surface area contributed by atoms with E-state index in [2.05, 4.69) is 36.1 Å². The van der Waals surface area contributed by atoms with Crippen molar-refractivity contribution in [2.24, 2.45) is 0 Å². The molecule has 164 valence electrons. The third-order valence-electron chi connectivity index (χ3n) is 6.32. The maximum Gasteiger partial charge on any atom is 0.118 e. The van der Waals surface area contributed by atoms with Gasteiger partial charge < -0.3 is 14.6 Å². The first-order valence-corrected chi connectivity index (χ1v) is 11.4. The molecule has 1 aliphatic rings. The van der Waals surface area contributed by atoms with E-state index in [0.717, 1.165) is 63.4 Å². The molecule has 2 atom stereocenters. The molecule has 0 amide bonds. The van der Waals surface area contributed by atoms with E-state index in [0.29, 0.717) is 0 Å². The van der Waals surface area contributed by atoms with Crippen molar-refractivity contribution in [3.63, 3.8) is 0 Å². The van der Waals surface area contributed by atoms with Crippen LogP contribution in [0.5, 0.6) is 5.75 Å². The van der Waals surface area contributed by atoms with Crippen molar-refractivity contribution in [2.45, 2.75) is 50.5 Å². The second kappa shape index (κ2) is 11.5. The summed E-state index contributed by atoms with van der Waals surface area (Å²) < 4.78 is 10.9. The van der Waals surface area contributed by atoms with Crippen molar-refractivity contribution in [3.05, 3.63) is 65.7 Å². The van der Waals surface area contributed by atoms with Gasteiger partial charge in [0.15, 0.2) is 0 Å². The number of benzene rings is 2. The van der Waals surface area contributed by atoms with E-state index in [1.54, 1.807) is 7.11 Å². The minimum absolute atomic E-state index is 0.00757. The summed E-state index contributed by atoms with van der Waals surface area (Å²) in [5, 5.41) is 12.3. The molecular weight excluding hydrogens is 374 g/mol. The lowest BCUT2D eigenvalue weighted by atomic mass is 9.74. The third-order valence-corrected chi connectivity index (χ3v) is 6.32. The lowest BCUT2D eigenvalue weighted by molar-refractivity contribution is -0.0296. The van der Waals surface area contributed by atoms with Crippen molar-refractivity contribution in [1.29, 1.82) is 0 Å². The fourth-order valence-corrected chi connectivity index (χ4v) is 4.48. The van der Waals surface area contributed by atoms with E-state index in [-0.39, 0.29) is 5.92 Å². The van der Waals surface area contributed by atoms with E-state index in [9.17, 15) is 5.11 Å². The molecular formula is C26H37NO3. The first kappa shape index (κ1) is 22.8. The van der Waals surface area contributed by atoms with E-state index < -0.39 is 5.60 Å². The van der Waals surface area contributed by atoms with E-state index in [4.69, 9.17) is 9.47 Å². The number of ether oxygens (including phenoxy) is 2. The predicted molar refractivity (Wildman–Crippen MR) is 122 cm³/mol. The Kier molecular flexibility index (Phi) is 8.74. The molecule has 30 heavy (non-hydrogen) atoms. The van der Waals surface area contributed by atoms with Gasteiger partial charge in [-0.25, -0.2) is 0 Å². The smallest absolute Gasteiger partial charge is 0.118 e. The zero-order valence-electron chi connectivity index (χ0n) is 18.6. The summed E-state index contributed by atoms with van der Waals surface area (Å²) in [5.74, 6) is 0.809. The number of rotatable bonds is 11. The van der Waals surface area contributed by atoms with Crippen LogP contribution < -0.4 is 4.74 Å². The molecule has 3 rings (SSSR count). The van der Waals surface area contributed by atoms with E-state index >= 15 is 0 Å². The van der Waals surface area contributed by atoms with Crippen LogP contribution in [-0.2, 0) is 10.3 Å². The van der Waals surface area contributed by atoms with Crippen LogP contribution in [0.1, 0.15) is 56.1 Å². The second-order valence-electron chi connectivity index (χ2n) is 8.34. The van der Waals surface area contributed by atoms with Crippen LogP contribution >= 0.6 is 0 Å². The number of hydrogen-bond acceptors (Lipinski definition) is 4. The van der Waals surface area contributed by atoms with Gasteiger partial charge in [-0.3, -0.25) is 4.90 Å². The number of nitrogens with zero attached hydrogens (tertiary/aromatic N) is 1. The zero-order chi connectivity index (χ0) is 21.2. The highest BCUT2D eigenvalue weighted by atomic mass is 16.5. The molecule has 4 nitrogen and oxygen atoms in total. The normalized spacial score (nSPS) is 18.0. The molecule has 0 saturated carbocycles. The Labute approximate surface area is 181 Å². The molecule has 0 spiro atoms. The Hall–Kier alpha value is -1.88. The molecule has 0 unspecified atom stereocenters. The minimum Gasteiger partial charge on any atom is -0.497 e. The molecule has 2 aromatic rings. The fourth-order valence-electron chi connectivity index (χ4n) is 4.48. The lowest BCUT2D eigenvalue weighted by Gasteiger charge is -2.41. The molecule has 1 fully saturated rings. The maximum atomic E-state index is 12.3. The van der Waals surface area contributed by atoms with Gasteiger partial charge in [0, 0.05) is 25.6 Å². The molecule has 1 heterocycles. The topological polar surface area (TPSA) is 41.9 Å². The summed E-state index contributed by atoms with van der Waals surface area (Å²) >= 11 is 0. The van der Waals surface area contributed by atoms with Crippen molar-refractivity contribution >= 4 is 0 Å². The first-order chi connectivity index (χ1) is 14.7. The summed E-state index contributed by atoms with van der Waals surface area (Å²) in [7, 11) is 1.68. The number of hydrogen-bond donors (Lipinski definition) is 1. The van der Waals surface area contributed by atoms with Crippen LogP contribution in [0, 0.1) is 0 Å². The third kappa shape index (κ3) is 5.84. The van der Waals surface area contributed by atoms with Crippen LogP contribution in [-0.4, -0.2) is 50.0 Å². The Bertz CT molecular complexity index is 728. The van der Waals surface area contributed by atoms with Gasteiger partial charge in [0.1, 0.15) is 5.75 Å². The number of methoxy groups -OCH3 is 1. The Morgan fingerprint density at radius 1 is 1.00 bits per heavy atom. The average molecular weight is 412 g/mol. The summed E-state index contributed by atoms with van der Waals surface area (Å²) in [6.07, 6.45) is 5.31. The Morgan fingerprint density at radius 3 is 2.33 bits per heavy atom. The minimum atomic E-state index is -0.931. The number of unbranched alkanes of at least 4 members (excludes halogenated alkanes) is 3. The van der Waals surface area contributed by atoms with Crippen LogP contribution in [0.15, 0.2) is 54.6 Å².